The number of benzene rings is 1. The molecule has 1 fully saturated rings. The van der Waals surface area contributed by atoms with Crippen molar-refractivity contribution in [1.29, 1.82) is 0 Å². The summed E-state index contributed by atoms with van der Waals surface area (Å²) in [6.07, 6.45) is 2.64. The molecule has 1 N–H and O–H groups in total. The van der Waals surface area contributed by atoms with Crippen molar-refractivity contribution in [3.05, 3.63) is 29.6 Å². The fourth-order valence-electron chi connectivity index (χ4n) is 2.20. The van der Waals surface area contributed by atoms with Crippen molar-refractivity contribution in [2.24, 2.45) is 0 Å². The molecule has 1 heterocycles. The largest absolute Gasteiger partial charge is 0.384 e. The topological polar surface area (TPSA) is 15.3 Å². The van der Waals surface area contributed by atoms with Crippen LogP contribution in [0.15, 0.2) is 18.2 Å². The van der Waals surface area contributed by atoms with Crippen LogP contribution in [0.25, 0.3) is 0 Å². The third-order valence-electron chi connectivity index (χ3n) is 3.00. The molecule has 2 nitrogen and oxygen atoms in total. The van der Waals surface area contributed by atoms with E-state index in [2.05, 4.69) is 10.2 Å². The summed E-state index contributed by atoms with van der Waals surface area (Å²) in [6, 6.07) is 5.08. The van der Waals surface area contributed by atoms with E-state index in [1.54, 1.807) is 12.1 Å². The predicted molar refractivity (Wildman–Crippen MR) is 65.3 cm³/mol. The van der Waals surface area contributed by atoms with E-state index in [1.165, 1.54) is 25.9 Å². The number of hydrogen-bond donors (Lipinski definition) is 1. The molecule has 0 aliphatic carbocycles. The van der Waals surface area contributed by atoms with Crippen molar-refractivity contribution in [1.82, 2.24) is 4.90 Å². The number of halogens is 1. The number of aryl methyl sites for hydroxylation is 1. The zero-order valence-electron chi connectivity index (χ0n) is 9.80. The SMILES string of the molecule is Cc1cc(F)cc(NCCN2CCCC2)c1. The third kappa shape index (κ3) is 3.20. The fourth-order valence-corrected chi connectivity index (χ4v) is 2.20. The minimum absolute atomic E-state index is 0.163. The number of likely N-dealkylation sites (tertiary alicyclic amines) is 1. The van der Waals surface area contributed by atoms with Gasteiger partial charge in [-0.05, 0) is 56.6 Å². The highest BCUT2D eigenvalue weighted by atomic mass is 19.1. The van der Waals surface area contributed by atoms with Crippen LogP contribution in [-0.2, 0) is 0 Å². The zero-order chi connectivity index (χ0) is 11.4. The van der Waals surface area contributed by atoms with Crippen molar-refractivity contribution in [3.8, 4) is 0 Å². The first-order chi connectivity index (χ1) is 7.74. The molecule has 0 spiro atoms. The van der Waals surface area contributed by atoms with E-state index in [9.17, 15) is 4.39 Å². The summed E-state index contributed by atoms with van der Waals surface area (Å²) in [5.74, 6) is -0.163. The number of anilines is 1. The number of rotatable bonds is 4. The molecule has 88 valence electrons. The van der Waals surface area contributed by atoms with Gasteiger partial charge in [0, 0.05) is 18.8 Å². The Hall–Kier alpha value is -1.09. The Morgan fingerprint density at radius 1 is 1.25 bits per heavy atom. The van der Waals surface area contributed by atoms with Crippen LogP contribution in [0.5, 0.6) is 0 Å². The quantitative estimate of drug-likeness (QED) is 0.842. The van der Waals surface area contributed by atoms with Crippen LogP contribution >= 0.6 is 0 Å². The molecule has 0 saturated carbocycles. The Kier molecular flexibility index (Phi) is 3.78. The van der Waals surface area contributed by atoms with Crippen molar-refractivity contribution in [2.45, 2.75) is 19.8 Å². The second-order valence-corrected chi connectivity index (χ2v) is 4.49. The molecule has 1 saturated heterocycles. The van der Waals surface area contributed by atoms with Gasteiger partial charge in [0.15, 0.2) is 0 Å². The summed E-state index contributed by atoms with van der Waals surface area (Å²) in [6.45, 7) is 6.28. The molecule has 1 aromatic carbocycles. The first-order valence-corrected chi connectivity index (χ1v) is 5.97. The smallest absolute Gasteiger partial charge is 0.125 e. The lowest BCUT2D eigenvalue weighted by Crippen LogP contribution is -2.25. The van der Waals surface area contributed by atoms with Gasteiger partial charge in [-0.2, -0.15) is 0 Å². The normalized spacial score (nSPS) is 16.6. The van der Waals surface area contributed by atoms with Gasteiger partial charge >= 0.3 is 0 Å². The highest BCUT2D eigenvalue weighted by Crippen LogP contribution is 2.13. The Balaban J connectivity index is 1.80. The van der Waals surface area contributed by atoms with Crippen molar-refractivity contribution in [2.75, 3.05) is 31.5 Å². The minimum atomic E-state index is -0.163. The lowest BCUT2D eigenvalue weighted by atomic mass is 10.2. The average molecular weight is 222 g/mol. The summed E-state index contributed by atoms with van der Waals surface area (Å²) >= 11 is 0. The van der Waals surface area contributed by atoms with Gasteiger partial charge in [0.05, 0.1) is 0 Å². The zero-order valence-corrected chi connectivity index (χ0v) is 9.80. The summed E-state index contributed by atoms with van der Waals surface area (Å²) in [5, 5.41) is 3.27. The molecule has 0 bridgehead atoms. The second-order valence-electron chi connectivity index (χ2n) is 4.49. The molecule has 0 radical (unpaired) electrons. The van der Waals surface area contributed by atoms with Gasteiger partial charge in [-0.3, -0.25) is 0 Å². The number of hydrogen-bond acceptors (Lipinski definition) is 2. The van der Waals surface area contributed by atoms with Gasteiger partial charge < -0.3 is 10.2 Å². The van der Waals surface area contributed by atoms with Crippen LogP contribution in [0.1, 0.15) is 18.4 Å². The maximum Gasteiger partial charge on any atom is 0.125 e. The van der Waals surface area contributed by atoms with Crippen molar-refractivity contribution in [3.63, 3.8) is 0 Å². The average Bonchev–Trinajstić information content (AvgIpc) is 2.69. The number of nitrogens with zero attached hydrogens (tertiary/aromatic N) is 1. The molecule has 16 heavy (non-hydrogen) atoms. The molecular weight excluding hydrogens is 203 g/mol. The van der Waals surface area contributed by atoms with Crippen LogP contribution in [0.4, 0.5) is 10.1 Å². The Morgan fingerprint density at radius 2 is 2.00 bits per heavy atom. The second kappa shape index (κ2) is 5.30. The van der Waals surface area contributed by atoms with Crippen molar-refractivity contribution < 1.29 is 4.39 Å². The van der Waals surface area contributed by atoms with Gasteiger partial charge in [-0.15, -0.1) is 0 Å². The molecular formula is C13H19FN2. The standard InChI is InChI=1S/C13H19FN2/c1-11-8-12(14)10-13(9-11)15-4-7-16-5-2-3-6-16/h8-10,15H,2-7H2,1H3. The third-order valence-corrected chi connectivity index (χ3v) is 3.00. The molecule has 0 atom stereocenters. The first-order valence-electron chi connectivity index (χ1n) is 5.97. The van der Waals surface area contributed by atoms with Crippen LogP contribution in [-0.4, -0.2) is 31.1 Å². The molecule has 1 aliphatic heterocycles. The molecule has 1 aromatic rings. The van der Waals surface area contributed by atoms with Gasteiger partial charge in [-0.25, -0.2) is 4.39 Å². The van der Waals surface area contributed by atoms with E-state index in [1.807, 2.05) is 13.0 Å². The van der Waals surface area contributed by atoms with Gasteiger partial charge in [0.2, 0.25) is 0 Å². The number of nitrogens with one attached hydrogen (secondary N) is 1. The van der Waals surface area contributed by atoms with Gasteiger partial charge in [0.1, 0.15) is 5.82 Å². The van der Waals surface area contributed by atoms with Gasteiger partial charge in [-0.1, -0.05) is 0 Å². The monoisotopic (exact) mass is 222 g/mol. The van der Waals surface area contributed by atoms with E-state index >= 15 is 0 Å². The van der Waals surface area contributed by atoms with E-state index in [0.717, 1.165) is 24.3 Å². The maximum absolute atomic E-state index is 13.1. The van der Waals surface area contributed by atoms with Crippen LogP contribution in [0.2, 0.25) is 0 Å². The van der Waals surface area contributed by atoms with E-state index in [0.29, 0.717) is 0 Å². The summed E-state index contributed by atoms with van der Waals surface area (Å²) < 4.78 is 13.1. The Bertz CT molecular complexity index is 326. The fraction of sp³-hybridized carbons (Fsp3) is 0.538. The molecule has 0 unspecified atom stereocenters. The first kappa shape index (κ1) is 11.4. The Morgan fingerprint density at radius 3 is 2.69 bits per heavy atom. The maximum atomic E-state index is 13.1. The lowest BCUT2D eigenvalue weighted by molar-refractivity contribution is 0.352. The molecule has 1 aliphatic rings. The summed E-state index contributed by atoms with van der Waals surface area (Å²) in [4.78, 5) is 2.44. The van der Waals surface area contributed by atoms with Crippen LogP contribution < -0.4 is 5.32 Å². The molecule has 0 amide bonds. The summed E-state index contributed by atoms with van der Waals surface area (Å²) in [5.41, 5.74) is 1.85. The minimum Gasteiger partial charge on any atom is -0.384 e. The highest BCUT2D eigenvalue weighted by Gasteiger charge is 2.10. The predicted octanol–water partition coefficient (Wildman–Crippen LogP) is 2.64. The Labute approximate surface area is 96.5 Å². The van der Waals surface area contributed by atoms with E-state index < -0.39 is 0 Å². The molecule has 2 rings (SSSR count). The summed E-state index contributed by atoms with van der Waals surface area (Å²) in [7, 11) is 0. The van der Waals surface area contributed by atoms with Crippen LogP contribution in [0, 0.1) is 12.7 Å². The highest BCUT2D eigenvalue weighted by molar-refractivity contribution is 5.45. The van der Waals surface area contributed by atoms with Crippen molar-refractivity contribution >= 4 is 5.69 Å². The molecule has 0 aromatic heterocycles. The molecule has 3 heteroatoms. The lowest BCUT2D eigenvalue weighted by Gasteiger charge is -2.15. The van der Waals surface area contributed by atoms with Gasteiger partial charge in [0.25, 0.3) is 0 Å². The van der Waals surface area contributed by atoms with E-state index in [-0.39, 0.29) is 5.82 Å². The van der Waals surface area contributed by atoms with Crippen LogP contribution in [0.3, 0.4) is 0 Å². The van der Waals surface area contributed by atoms with E-state index in [4.69, 9.17) is 0 Å².